The largest absolute Gasteiger partial charge is 0.489 e. The molecule has 0 bridgehead atoms. The first-order valence-corrected chi connectivity index (χ1v) is 6.86. The van der Waals surface area contributed by atoms with Crippen LogP contribution in [0.1, 0.15) is 6.42 Å². The third kappa shape index (κ3) is 3.51. The highest BCUT2D eigenvalue weighted by Gasteiger charge is 2.21. The van der Waals surface area contributed by atoms with Crippen molar-refractivity contribution in [1.29, 1.82) is 0 Å². The van der Waals surface area contributed by atoms with Gasteiger partial charge in [0.05, 0.1) is 10.0 Å². The molecule has 3 nitrogen and oxygen atoms in total. The first kappa shape index (κ1) is 13.9. The maximum absolute atomic E-state index is 9.07. The molecule has 2 rings (SSSR count). The predicted molar refractivity (Wildman–Crippen MR) is 73.6 cm³/mol. The Hall–Kier alpha value is -0.480. The summed E-state index contributed by atoms with van der Waals surface area (Å²) in [5.41, 5.74) is 0. The molecule has 1 N–H and O–H groups in total. The molecule has 0 amide bonds. The van der Waals surface area contributed by atoms with E-state index in [0.717, 1.165) is 26.1 Å². The molecule has 1 heterocycles. The molecule has 100 valence electrons. The fourth-order valence-corrected chi connectivity index (χ4v) is 2.67. The Kier molecular flexibility index (Phi) is 5.13. The first-order chi connectivity index (χ1) is 8.70. The molecule has 1 unspecified atom stereocenters. The Morgan fingerprint density at radius 3 is 2.67 bits per heavy atom. The number of benzene rings is 1. The Labute approximate surface area is 117 Å². The van der Waals surface area contributed by atoms with Gasteiger partial charge >= 0.3 is 0 Å². The monoisotopic (exact) mass is 289 g/mol. The van der Waals surface area contributed by atoms with E-state index in [2.05, 4.69) is 4.90 Å². The second-order valence-electron chi connectivity index (χ2n) is 4.54. The third-order valence-corrected chi connectivity index (χ3v) is 3.80. The lowest BCUT2D eigenvalue weighted by atomic mass is 10.1. The van der Waals surface area contributed by atoms with E-state index in [1.54, 1.807) is 18.2 Å². The molecule has 1 aromatic carbocycles. The van der Waals surface area contributed by atoms with E-state index in [9.17, 15) is 0 Å². The molecular weight excluding hydrogens is 273 g/mol. The second-order valence-corrected chi connectivity index (χ2v) is 5.35. The summed E-state index contributed by atoms with van der Waals surface area (Å²) in [4.78, 5) is 2.28. The van der Waals surface area contributed by atoms with E-state index >= 15 is 0 Å². The molecule has 0 aromatic heterocycles. The van der Waals surface area contributed by atoms with E-state index in [1.807, 2.05) is 0 Å². The summed E-state index contributed by atoms with van der Waals surface area (Å²) >= 11 is 12.0. The van der Waals surface area contributed by atoms with E-state index in [-0.39, 0.29) is 6.61 Å². The molecule has 0 saturated carbocycles. The van der Waals surface area contributed by atoms with Crippen molar-refractivity contribution in [3.63, 3.8) is 0 Å². The van der Waals surface area contributed by atoms with Gasteiger partial charge in [-0.3, -0.25) is 4.90 Å². The highest BCUT2D eigenvalue weighted by atomic mass is 35.5. The van der Waals surface area contributed by atoms with Crippen molar-refractivity contribution in [1.82, 2.24) is 4.90 Å². The van der Waals surface area contributed by atoms with Crippen molar-refractivity contribution >= 4 is 23.2 Å². The zero-order valence-electron chi connectivity index (χ0n) is 10.1. The minimum absolute atomic E-state index is 0.272. The van der Waals surface area contributed by atoms with Crippen molar-refractivity contribution in [2.75, 3.05) is 32.8 Å². The second kappa shape index (κ2) is 6.62. The van der Waals surface area contributed by atoms with E-state index < -0.39 is 0 Å². The molecule has 5 heteroatoms. The predicted octanol–water partition coefficient (Wildman–Crippen LogP) is 2.69. The first-order valence-electron chi connectivity index (χ1n) is 6.10. The topological polar surface area (TPSA) is 32.7 Å². The number of hydrogen-bond acceptors (Lipinski definition) is 3. The van der Waals surface area contributed by atoms with Gasteiger partial charge in [-0.1, -0.05) is 29.3 Å². The molecule has 1 aliphatic rings. The van der Waals surface area contributed by atoms with Gasteiger partial charge in [0.1, 0.15) is 6.61 Å². The molecule has 1 atom stereocenters. The van der Waals surface area contributed by atoms with E-state index in [1.165, 1.54) is 0 Å². The number of para-hydroxylation sites is 1. The van der Waals surface area contributed by atoms with Crippen molar-refractivity contribution in [3.05, 3.63) is 28.2 Å². The van der Waals surface area contributed by atoms with Gasteiger partial charge in [-0.25, -0.2) is 0 Å². The average Bonchev–Trinajstić information content (AvgIpc) is 2.81. The lowest BCUT2D eigenvalue weighted by Gasteiger charge is -2.16. The number of halogens is 2. The molecule has 0 aliphatic carbocycles. The average molecular weight is 290 g/mol. The molecule has 1 saturated heterocycles. The van der Waals surface area contributed by atoms with Crippen LogP contribution in [0.4, 0.5) is 0 Å². The standard InChI is InChI=1S/C13H17Cl2NO2/c14-11-2-1-3-12(15)13(11)18-7-6-16-5-4-10(8-16)9-17/h1-3,10,17H,4-9H2. The number of nitrogens with zero attached hydrogens (tertiary/aromatic N) is 1. The van der Waals surface area contributed by atoms with Gasteiger partial charge in [0, 0.05) is 19.7 Å². The van der Waals surface area contributed by atoms with Crippen LogP contribution in [0, 0.1) is 5.92 Å². The third-order valence-electron chi connectivity index (χ3n) is 3.20. The van der Waals surface area contributed by atoms with E-state index in [0.29, 0.717) is 28.3 Å². The number of rotatable bonds is 5. The van der Waals surface area contributed by atoms with Crippen molar-refractivity contribution in [3.8, 4) is 5.75 Å². The van der Waals surface area contributed by atoms with Crippen molar-refractivity contribution in [2.45, 2.75) is 6.42 Å². The molecule has 1 aromatic rings. The van der Waals surface area contributed by atoms with Crippen LogP contribution in [-0.2, 0) is 0 Å². The van der Waals surface area contributed by atoms with Gasteiger partial charge in [-0.05, 0) is 31.0 Å². The molecule has 0 spiro atoms. The highest BCUT2D eigenvalue weighted by Crippen LogP contribution is 2.32. The quantitative estimate of drug-likeness (QED) is 0.905. The fraction of sp³-hybridized carbons (Fsp3) is 0.538. The number of ether oxygens (including phenoxy) is 1. The summed E-state index contributed by atoms with van der Waals surface area (Å²) in [6.07, 6.45) is 1.06. The molecule has 18 heavy (non-hydrogen) atoms. The lowest BCUT2D eigenvalue weighted by molar-refractivity contribution is 0.204. The van der Waals surface area contributed by atoms with Crippen LogP contribution in [0.15, 0.2) is 18.2 Å². The summed E-state index contributed by atoms with van der Waals surface area (Å²) in [7, 11) is 0. The smallest absolute Gasteiger partial charge is 0.156 e. The molecule has 1 fully saturated rings. The maximum atomic E-state index is 9.07. The summed E-state index contributed by atoms with van der Waals surface area (Å²) in [5, 5.41) is 10.1. The van der Waals surface area contributed by atoms with Gasteiger partial charge in [-0.2, -0.15) is 0 Å². The number of likely N-dealkylation sites (tertiary alicyclic amines) is 1. The lowest BCUT2D eigenvalue weighted by Crippen LogP contribution is -2.26. The summed E-state index contributed by atoms with van der Waals surface area (Å²) in [5.74, 6) is 0.965. The minimum Gasteiger partial charge on any atom is -0.489 e. The Balaban J connectivity index is 1.79. The minimum atomic E-state index is 0.272. The van der Waals surface area contributed by atoms with Gasteiger partial charge in [-0.15, -0.1) is 0 Å². The van der Waals surface area contributed by atoms with Crippen LogP contribution in [0.5, 0.6) is 5.75 Å². The molecular formula is C13H17Cl2NO2. The van der Waals surface area contributed by atoms with Crippen molar-refractivity contribution in [2.24, 2.45) is 5.92 Å². The van der Waals surface area contributed by atoms with Crippen molar-refractivity contribution < 1.29 is 9.84 Å². The Bertz CT molecular complexity index is 380. The summed E-state index contributed by atoms with van der Waals surface area (Å²) < 4.78 is 5.63. The highest BCUT2D eigenvalue weighted by molar-refractivity contribution is 6.37. The fourth-order valence-electron chi connectivity index (χ4n) is 2.16. The number of hydrogen-bond donors (Lipinski definition) is 1. The van der Waals surface area contributed by atoms with Crippen LogP contribution in [0.25, 0.3) is 0 Å². The SMILES string of the molecule is OCC1CCN(CCOc2c(Cl)cccc2Cl)C1. The zero-order chi connectivity index (χ0) is 13.0. The van der Waals surface area contributed by atoms with Crippen LogP contribution < -0.4 is 4.74 Å². The summed E-state index contributed by atoms with van der Waals surface area (Å²) in [6.45, 7) is 3.62. The molecule has 1 aliphatic heterocycles. The van der Waals surface area contributed by atoms with E-state index in [4.69, 9.17) is 33.0 Å². The van der Waals surface area contributed by atoms with Gasteiger partial charge in [0.2, 0.25) is 0 Å². The number of aliphatic hydroxyl groups is 1. The Morgan fingerprint density at radius 1 is 1.33 bits per heavy atom. The van der Waals surface area contributed by atoms with Crippen LogP contribution in [0.3, 0.4) is 0 Å². The normalized spacial score (nSPS) is 20.3. The zero-order valence-corrected chi connectivity index (χ0v) is 11.6. The maximum Gasteiger partial charge on any atom is 0.156 e. The van der Waals surface area contributed by atoms with Gasteiger partial charge < -0.3 is 9.84 Å². The number of aliphatic hydroxyl groups excluding tert-OH is 1. The van der Waals surface area contributed by atoms with Gasteiger partial charge in [0.15, 0.2) is 5.75 Å². The van der Waals surface area contributed by atoms with Crippen LogP contribution in [0.2, 0.25) is 10.0 Å². The summed E-state index contributed by atoms with van der Waals surface area (Å²) in [6, 6.07) is 5.32. The Morgan fingerprint density at radius 2 is 2.06 bits per heavy atom. The van der Waals surface area contributed by atoms with Crippen LogP contribution in [-0.4, -0.2) is 42.9 Å². The molecule has 0 radical (unpaired) electrons. The van der Waals surface area contributed by atoms with Gasteiger partial charge in [0.25, 0.3) is 0 Å². The van der Waals surface area contributed by atoms with Crippen LogP contribution >= 0.6 is 23.2 Å².